The van der Waals surface area contributed by atoms with Gasteiger partial charge in [-0.15, -0.1) is 0 Å². The fraction of sp³-hybridized carbons (Fsp3) is 0.875. The Hall–Kier alpha value is -0.220. The highest BCUT2D eigenvalue weighted by atomic mass is 32.2. The molecule has 0 spiro atoms. The van der Waals surface area contributed by atoms with E-state index in [1.54, 1.807) is 11.8 Å². The molecule has 3 nitrogen and oxygen atoms in total. The van der Waals surface area contributed by atoms with Gasteiger partial charge < -0.3 is 10.6 Å². The number of amides is 1. The van der Waals surface area contributed by atoms with Crippen LogP contribution >= 0.6 is 11.8 Å². The van der Waals surface area contributed by atoms with E-state index in [0.717, 1.165) is 19.6 Å². The molecule has 0 saturated carbocycles. The van der Waals surface area contributed by atoms with Gasteiger partial charge in [-0.2, -0.15) is 11.8 Å². The number of nitrogens with one attached hydrogen (secondary N) is 2. The molecular formula is C8H16N2OS. The third-order valence-electron chi connectivity index (χ3n) is 2.12. The lowest BCUT2D eigenvalue weighted by Crippen LogP contribution is -2.51. The Balaban J connectivity index is 2.09. The van der Waals surface area contributed by atoms with Crippen LogP contribution in [0.4, 0.5) is 0 Å². The van der Waals surface area contributed by atoms with E-state index >= 15 is 0 Å². The lowest BCUT2D eigenvalue weighted by Gasteiger charge is -2.26. The second kappa shape index (κ2) is 4.72. The number of thioether (sulfide) groups is 1. The summed E-state index contributed by atoms with van der Waals surface area (Å²) in [5.41, 5.74) is 0. The summed E-state index contributed by atoms with van der Waals surface area (Å²) in [5.74, 6) is 0.425. The van der Waals surface area contributed by atoms with Gasteiger partial charge in [0.1, 0.15) is 0 Å². The Morgan fingerprint density at radius 2 is 2.42 bits per heavy atom. The lowest BCUT2D eigenvalue weighted by atomic mass is 10.0. The molecule has 1 amide bonds. The molecule has 1 aliphatic rings. The molecule has 0 aromatic heterocycles. The zero-order chi connectivity index (χ0) is 8.97. The number of carbonyl (C=O) groups is 1. The molecule has 0 aromatic rings. The Kier molecular flexibility index (Phi) is 3.88. The van der Waals surface area contributed by atoms with Gasteiger partial charge in [-0.05, 0) is 6.26 Å². The molecule has 1 fully saturated rings. The normalized spacial score (nSPS) is 19.8. The molecule has 0 radical (unpaired) electrons. The number of hydrogen-bond acceptors (Lipinski definition) is 3. The molecule has 1 unspecified atom stereocenters. The van der Waals surface area contributed by atoms with Crippen LogP contribution in [0.2, 0.25) is 0 Å². The molecule has 1 aliphatic heterocycles. The van der Waals surface area contributed by atoms with Crippen LogP contribution in [-0.2, 0) is 4.79 Å². The van der Waals surface area contributed by atoms with Crippen molar-refractivity contribution in [3.8, 4) is 0 Å². The Bertz CT molecular complexity index is 159. The highest BCUT2D eigenvalue weighted by Crippen LogP contribution is 2.05. The molecule has 1 rings (SSSR count). The summed E-state index contributed by atoms with van der Waals surface area (Å²) in [4.78, 5) is 11.3. The van der Waals surface area contributed by atoms with Gasteiger partial charge in [0.25, 0.3) is 0 Å². The summed E-state index contributed by atoms with van der Waals surface area (Å²) in [5, 5.41) is 6.53. The van der Waals surface area contributed by atoms with Crippen molar-refractivity contribution in [3.05, 3.63) is 0 Å². The topological polar surface area (TPSA) is 41.1 Å². The van der Waals surface area contributed by atoms with Crippen molar-refractivity contribution in [3.63, 3.8) is 0 Å². The molecule has 12 heavy (non-hydrogen) atoms. The Morgan fingerprint density at radius 1 is 1.75 bits per heavy atom. The first-order valence-electron chi connectivity index (χ1n) is 4.25. The minimum absolute atomic E-state index is 0.203. The van der Waals surface area contributed by atoms with Gasteiger partial charge in [-0.1, -0.05) is 6.92 Å². The first-order valence-corrected chi connectivity index (χ1v) is 5.54. The maximum absolute atomic E-state index is 11.3. The van der Waals surface area contributed by atoms with Crippen LogP contribution in [0.15, 0.2) is 0 Å². The number of hydrogen-bond donors (Lipinski definition) is 2. The van der Waals surface area contributed by atoms with E-state index in [1.165, 1.54) is 0 Å². The van der Waals surface area contributed by atoms with Crippen molar-refractivity contribution in [2.75, 3.05) is 25.9 Å². The fourth-order valence-electron chi connectivity index (χ4n) is 0.946. The quantitative estimate of drug-likeness (QED) is 0.656. The molecule has 2 N–H and O–H groups in total. The van der Waals surface area contributed by atoms with Crippen molar-refractivity contribution in [2.24, 2.45) is 5.92 Å². The maximum atomic E-state index is 11.3. The summed E-state index contributed by atoms with van der Waals surface area (Å²) >= 11 is 1.77. The van der Waals surface area contributed by atoms with Crippen LogP contribution in [0.3, 0.4) is 0 Å². The van der Waals surface area contributed by atoms with Crippen molar-refractivity contribution in [2.45, 2.75) is 12.2 Å². The van der Waals surface area contributed by atoms with Gasteiger partial charge in [-0.25, -0.2) is 0 Å². The third-order valence-corrected chi connectivity index (χ3v) is 3.09. The SMILES string of the molecule is CSC(C)CNC(=O)C1CNC1. The number of carbonyl (C=O) groups excluding carboxylic acids is 1. The predicted octanol–water partition coefficient (Wildman–Crippen LogP) is 0.0735. The molecule has 0 aliphatic carbocycles. The molecule has 0 aromatic carbocycles. The monoisotopic (exact) mass is 188 g/mol. The average Bonchev–Trinajstić information content (AvgIpc) is 1.97. The zero-order valence-electron chi connectivity index (χ0n) is 7.59. The van der Waals surface area contributed by atoms with Crippen molar-refractivity contribution in [1.82, 2.24) is 10.6 Å². The van der Waals surface area contributed by atoms with E-state index in [2.05, 4.69) is 23.8 Å². The van der Waals surface area contributed by atoms with Crippen LogP contribution in [0.5, 0.6) is 0 Å². The average molecular weight is 188 g/mol. The minimum atomic E-state index is 0.203. The van der Waals surface area contributed by atoms with E-state index in [1.807, 2.05) is 0 Å². The van der Waals surface area contributed by atoms with Crippen LogP contribution in [0.1, 0.15) is 6.92 Å². The van der Waals surface area contributed by atoms with Gasteiger partial charge in [0.15, 0.2) is 0 Å². The zero-order valence-corrected chi connectivity index (χ0v) is 8.41. The Labute approximate surface area is 77.7 Å². The molecule has 1 atom stereocenters. The first kappa shape index (κ1) is 9.86. The van der Waals surface area contributed by atoms with Crippen molar-refractivity contribution >= 4 is 17.7 Å². The smallest absolute Gasteiger partial charge is 0.225 e. The molecule has 4 heteroatoms. The summed E-state index contributed by atoms with van der Waals surface area (Å²) in [6.45, 7) is 4.60. The van der Waals surface area contributed by atoms with E-state index in [4.69, 9.17) is 0 Å². The lowest BCUT2D eigenvalue weighted by molar-refractivity contribution is -0.126. The van der Waals surface area contributed by atoms with Crippen molar-refractivity contribution < 1.29 is 4.79 Å². The fourth-order valence-corrected chi connectivity index (χ4v) is 1.20. The summed E-state index contributed by atoms with van der Waals surface area (Å²) < 4.78 is 0. The molecule has 1 heterocycles. The van der Waals surface area contributed by atoms with Crippen LogP contribution < -0.4 is 10.6 Å². The van der Waals surface area contributed by atoms with Gasteiger partial charge in [0.2, 0.25) is 5.91 Å². The second-order valence-corrected chi connectivity index (χ2v) is 4.42. The molecule has 0 bridgehead atoms. The summed E-state index contributed by atoms with van der Waals surface area (Å²) in [6.07, 6.45) is 2.06. The standard InChI is InChI=1S/C8H16N2OS/c1-6(12-2)3-10-8(11)7-4-9-5-7/h6-7,9H,3-5H2,1-2H3,(H,10,11). The van der Waals surface area contributed by atoms with Crippen LogP contribution in [-0.4, -0.2) is 37.0 Å². The van der Waals surface area contributed by atoms with E-state index in [0.29, 0.717) is 5.25 Å². The maximum Gasteiger partial charge on any atom is 0.225 e. The molecule has 70 valence electrons. The minimum Gasteiger partial charge on any atom is -0.355 e. The van der Waals surface area contributed by atoms with E-state index in [9.17, 15) is 4.79 Å². The highest BCUT2D eigenvalue weighted by Gasteiger charge is 2.24. The van der Waals surface area contributed by atoms with Gasteiger partial charge >= 0.3 is 0 Å². The first-order chi connectivity index (χ1) is 5.74. The second-order valence-electron chi connectivity index (χ2n) is 3.15. The van der Waals surface area contributed by atoms with Gasteiger partial charge in [0.05, 0.1) is 5.92 Å². The van der Waals surface area contributed by atoms with Crippen molar-refractivity contribution in [1.29, 1.82) is 0 Å². The summed E-state index contributed by atoms with van der Waals surface area (Å²) in [6, 6.07) is 0. The van der Waals surface area contributed by atoms with E-state index in [-0.39, 0.29) is 11.8 Å². The van der Waals surface area contributed by atoms with Gasteiger partial charge in [0, 0.05) is 24.9 Å². The van der Waals surface area contributed by atoms with Crippen LogP contribution in [0.25, 0.3) is 0 Å². The van der Waals surface area contributed by atoms with Crippen LogP contribution in [0, 0.1) is 5.92 Å². The Morgan fingerprint density at radius 3 is 2.83 bits per heavy atom. The van der Waals surface area contributed by atoms with Gasteiger partial charge in [-0.3, -0.25) is 4.79 Å². The molecular weight excluding hydrogens is 172 g/mol. The number of rotatable bonds is 4. The predicted molar refractivity (Wildman–Crippen MR) is 52.3 cm³/mol. The highest BCUT2D eigenvalue weighted by molar-refractivity contribution is 7.99. The van der Waals surface area contributed by atoms with E-state index < -0.39 is 0 Å². The summed E-state index contributed by atoms with van der Waals surface area (Å²) in [7, 11) is 0. The largest absolute Gasteiger partial charge is 0.355 e. The third kappa shape index (κ3) is 2.68. The molecule has 1 saturated heterocycles.